The average molecular weight is 679 g/mol. The molecule has 0 heterocycles. The van der Waals surface area contributed by atoms with E-state index in [1.165, 1.54) is 167 Å². The minimum absolute atomic E-state index is 0.0199. The maximum absolute atomic E-state index is 12.5. The van der Waals surface area contributed by atoms with Gasteiger partial charge in [0.15, 0.2) is 0 Å². The summed E-state index contributed by atoms with van der Waals surface area (Å²) < 4.78 is 5.75. The van der Waals surface area contributed by atoms with Gasteiger partial charge in [-0.25, -0.2) is 0 Å². The summed E-state index contributed by atoms with van der Waals surface area (Å²) in [5.41, 5.74) is 0. The van der Waals surface area contributed by atoms with Crippen molar-refractivity contribution in [2.75, 3.05) is 33.3 Å². The molecule has 48 heavy (non-hydrogen) atoms. The largest absolute Gasteiger partial charge is 0.465 e. The molecule has 5 nitrogen and oxygen atoms in total. The average Bonchev–Trinajstić information content (AvgIpc) is 3.08. The van der Waals surface area contributed by atoms with E-state index < -0.39 is 0 Å². The maximum Gasteiger partial charge on any atom is 0.305 e. The van der Waals surface area contributed by atoms with Gasteiger partial charge in [-0.2, -0.15) is 0 Å². The first-order chi connectivity index (χ1) is 23.4. The summed E-state index contributed by atoms with van der Waals surface area (Å²) in [5.74, 6) is 0.743. The minimum Gasteiger partial charge on any atom is -0.465 e. The molecule has 0 spiro atoms. The van der Waals surface area contributed by atoms with Crippen LogP contribution in [0.4, 0.5) is 0 Å². The Balaban J connectivity index is 4.63. The first kappa shape index (κ1) is 46.9. The topological polar surface area (TPSA) is 49.9 Å². The van der Waals surface area contributed by atoms with Crippen LogP contribution in [0, 0.1) is 5.92 Å². The molecule has 0 saturated heterocycles. The molecule has 0 fully saturated rings. The number of unbranched alkanes of at least 4 members (excludes halogenated alkanes) is 18. The summed E-state index contributed by atoms with van der Waals surface area (Å²) >= 11 is 0. The van der Waals surface area contributed by atoms with Gasteiger partial charge in [-0.15, -0.1) is 0 Å². The predicted molar refractivity (Wildman–Crippen MR) is 210 cm³/mol. The summed E-state index contributed by atoms with van der Waals surface area (Å²) in [4.78, 5) is 28.9. The molecule has 2 unspecified atom stereocenters. The van der Waals surface area contributed by atoms with Crippen molar-refractivity contribution in [3.8, 4) is 0 Å². The predicted octanol–water partition coefficient (Wildman–Crippen LogP) is 12.7. The second-order valence-electron chi connectivity index (χ2n) is 15.2. The minimum atomic E-state index is 0.0199. The molecular weight excluding hydrogens is 592 g/mol. The van der Waals surface area contributed by atoms with Crippen molar-refractivity contribution >= 4 is 11.9 Å². The van der Waals surface area contributed by atoms with Gasteiger partial charge in [0.2, 0.25) is 5.91 Å². The van der Waals surface area contributed by atoms with Gasteiger partial charge in [-0.3, -0.25) is 9.59 Å². The smallest absolute Gasteiger partial charge is 0.305 e. The molecule has 0 rings (SSSR count). The third-order valence-electron chi connectivity index (χ3n) is 10.5. The SMILES string of the molecule is CCCCCCCCCN(CCCN(C)C(C)=O)C(CCCCCC)CCCCCCCCC(=O)OCC(CCCC)CCCCCC. The molecule has 0 aromatic carbocycles. The van der Waals surface area contributed by atoms with Gasteiger partial charge < -0.3 is 14.5 Å². The van der Waals surface area contributed by atoms with Crippen molar-refractivity contribution in [3.63, 3.8) is 0 Å². The Kier molecular flexibility index (Phi) is 34.9. The molecule has 2 atom stereocenters. The van der Waals surface area contributed by atoms with Crippen LogP contribution in [0.25, 0.3) is 0 Å². The molecule has 0 N–H and O–H groups in total. The first-order valence-corrected chi connectivity index (χ1v) is 21.5. The van der Waals surface area contributed by atoms with E-state index in [1.807, 2.05) is 11.9 Å². The van der Waals surface area contributed by atoms with Gasteiger partial charge in [0, 0.05) is 39.5 Å². The van der Waals surface area contributed by atoms with Gasteiger partial charge in [0.25, 0.3) is 0 Å². The van der Waals surface area contributed by atoms with Crippen LogP contribution < -0.4 is 0 Å². The fourth-order valence-electron chi connectivity index (χ4n) is 7.04. The zero-order valence-electron chi connectivity index (χ0n) is 33.6. The number of hydrogen-bond donors (Lipinski definition) is 0. The molecule has 0 radical (unpaired) electrons. The van der Waals surface area contributed by atoms with E-state index in [1.54, 1.807) is 6.92 Å². The zero-order chi connectivity index (χ0) is 35.5. The Morgan fingerprint density at radius 3 is 1.50 bits per heavy atom. The van der Waals surface area contributed by atoms with Crippen molar-refractivity contribution in [2.45, 2.75) is 227 Å². The fraction of sp³-hybridized carbons (Fsp3) is 0.953. The van der Waals surface area contributed by atoms with Crippen molar-refractivity contribution in [1.82, 2.24) is 9.80 Å². The van der Waals surface area contributed by atoms with E-state index in [4.69, 9.17) is 4.74 Å². The molecule has 286 valence electrons. The quantitative estimate of drug-likeness (QED) is 0.0485. The molecule has 1 amide bonds. The number of amides is 1. The zero-order valence-corrected chi connectivity index (χ0v) is 33.6. The van der Waals surface area contributed by atoms with E-state index in [-0.39, 0.29) is 11.9 Å². The van der Waals surface area contributed by atoms with E-state index in [2.05, 4.69) is 32.6 Å². The van der Waals surface area contributed by atoms with Crippen molar-refractivity contribution in [3.05, 3.63) is 0 Å². The van der Waals surface area contributed by atoms with Gasteiger partial charge in [0.1, 0.15) is 0 Å². The second kappa shape index (κ2) is 35.7. The number of carbonyl (C=O) groups is 2. The van der Waals surface area contributed by atoms with Crippen LogP contribution >= 0.6 is 0 Å². The second-order valence-corrected chi connectivity index (χ2v) is 15.2. The van der Waals surface area contributed by atoms with Crippen LogP contribution in [0.15, 0.2) is 0 Å². The number of esters is 1. The molecule has 0 saturated carbocycles. The summed E-state index contributed by atoms with van der Waals surface area (Å²) in [6.45, 7) is 14.6. The van der Waals surface area contributed by atoms with Crippen LogP contribution in [0.1, 0.15) is 221 Å². The van der Waals surface area contributed by atoms with Gasteiger partial charge in [-0.1, -0.05) is 163 Å². The Labute approximate surface area is 301 Å². The van der Waals surface area contributed by atoms with Crippen LogP contribution in [-0.2, 0) is 14.3 Å². The van der Waals surface area contributed by atoms with E-state index in [0.29, 0.717) is 25.0 Å². The highest BCUT2D eigenvalue weighted by Crippen LogP contribution is 2.21. The highest BCUT2D eigenvalue weighted by atomic mass is 16.5. The third kappa shape index (κ3) is 29.8. The fourth-order valence-corrected chi connectivity index (χ4v) is 7.04. The molecule has 0 aromatic rings. The lowest BCUT2D eigenvalue weighted by atomic mass is 9.96. The lowest BCUT2D eigenvalue weighted by molar-refractivity contribution is -0.145. The summed E-state index contributed by atoms with van der Waals surface area (Å²) in [7, 11) is 1.94. The van der Waals surface area contributed by atoms with Gasteiger partial charge in [-0.05, 0) is 57.4 Å². The van der Waals surface area contributed by atoms with Crippen LogP contribution in [0.3, 0.4) is 0 Å². The molecular formula is C43H86N2O3. The highest BCUT2D eigenvalue weighted by molar-refractivity contribution is 5.72. The van der Waals surface area contributed by atoms with Gasteiger partial charge >= 0.3 is 5.97 Å². The Morgan fingerprint density at radius 1 is 0.500 bits per heavy atom. The standard InChI is InChI=1S/C43H86N2O3/c1-7-11-15-18-21-24-29-37-45(38-30-36-44(6)40(5)46)42(33-26-17-13-9-3)34-27-22-19-20-23-28-35-43(47)48-39-41(31-14-10-4)32-25-16-12-8-2/h41-42H,7-39H2,1-6H3. The number of carbonyl (C=O) groups excluding carboxylic acids is 2. The summed E-state index contributed by atoms with van der Waals surface area (Å²) in [6, 6.07) is 0.673. The number of nitrogens with zero attached hydrogens (tertiary/aromatic N) is 2. The number of ether oxygens (including phenoxy) is 1. The monoisotopic (exact) mass is 679 g/mol. The molecule has 0 aliphatic carbocycles. The van der Waals surface area contributed by atoms with E-state index in [0.717, 1.165) is 32.4 Å². The molecule has 0 bridgehead atoms. The highest BCUT2D eigenvalue weighted by Gasteiger charge is 2.18. The van der Waals surface area contributed by atoms with Gasteiger partial charge in [0.05, 0.1) is 6.61 Å². The van der Waals surface area contributed by atoms with E-state index >= 15 is 0 Å². The molecule has 0 aliphatic heterocycles. The number of rotatable bonds is 37. The Hall–Kier alpha value is -1.10. The van der Waals surface area contributed by atoms with Crippen LogP contribution in [-0.4, -0.2) is 61.0 Å². The maximum atomic E-state index is 12.5. The summed E-state index contributed by atoms with van der Waals surface area (Å²) in [5, 5.41) is 0. The number of hydrogen-bond acceptors (Lipinski definition) is 4. The normalized spacial score (nSPS) is 12.8. The van der Waals surface area contributed by atoms with Crippen molar-refractivity contribution in [2.24, 2.45) is 5.92 Å². The van der Waals surface area contributed by atoms with Crippen LogP contribution in [0.5, 0.6) is 0 Å². The molecule has 5 heteroatoms. The molecule has 0 aromatic heterocycles. The summed E-state index contributed by atoms with van der Waals surface area (Å²) in [6.07, 6.45) is 36.4. The Morgan fingerprint density at radius 2 is 0.938 bits per heavy atom. The van der Waals surface area contributed by atoms with E-state index in [9.17, 15) is 9.59 Å². The first-order valence-electron chi connectivity index (χ1n) is 21.5. The lowest BCUT2D eigenvalue weighted by Gasteiger charge is -2.33. The van der Waals surface area contributed by atoms with Crippen molar-refractivity contribution < 1.29 is 14.3 Å². The van der Waals surface area contributed by atoms with Crippen LogP contribution in [0.2, 0.25) is 0 Å². The molecule has 0 aliphatic rings. The lowest BCUT2D eigenvalue weighted by Crippen LogP contribution is -2.38. The van der Waals surface area contributed by atoms with Crippen molar-refractivity contribution in [1.29, 1.82) is 0 Å². The Bertz CT molecular complexity index is 700. The third-order valence-corrected chi connectivity index (χ3v) is 10.5.